The lowest BCUT2D eigenvalue weighted by molar-refractivity contribution is -0.384. The van der Waals surface area contributed by atoms with E-state index in [1.807, 2.05) is 20.8 Å². The summed E-state index contributed by atoms with van der Waals surface area (Å²) in [6.45, 7) is 6.54. The number of amides is 1. The molecule has 1 atom stereocenters. The van der Waals surface area contributed by atoms with Gasteiger partial charge in [-0.3, -0.25) is 10.1 Å². The van der Waals surface area contributed by atoms with E-state index in [1.54, 1.807) is 4.90 Å². The van der Waals surface area contributed by atoms with Crippen LogP contribution in [0.1, 0.15) is 27.2 Å². The molecular formula is C16H20N4O5. The van der Waals surface area contributed by atoms with Gasteiger partial charge in [0.1, 0.15) is 11.1 Å². The molecule has 1 aromatic heterocycles. The van der Waals surface area contributed by atoms with Gasteiger partial charge in [0.15, 0.2) is 5.58 Å². The summed E-state index contributed by atoms with van der Waals surface area (Å²) in [5.74, 6) is 0. The number of aromatic nitrogens is 1. The van der Waals surface area contributed by atoms with E-state index in [2.05, 4.69) is 10.3 Å². The van der Waals surface area contributed by atoms with Gasteiger partial charge < -0.3 is 19.4 Å². The number of fused-ring (bicyclic) bond motifs is 1. The standard InChI is InChI=1S/C16H20N4O5/c1-16(2,3)25-15(21)19-7-6-10(9-19)17-14-18-12-8-11(20(22)23)4-5-13(12)24-14/h4-5,8,10H,6-7,9H2,1-3H3,(H,17,18). The molecule has 25 heavy (non-hydrogen) atoms. The van der Waals surface area contributed by atoms with Crippen molar-refractivity contribution in [3.63, 3.8) is 0 Å². The van der Waals surface area contributed by atoms with Crippen LogP contribution in [0.2, 0.25) is 0 Å². The van der Waals surface area contributed by atoms with Crippen LogP contribution in [0.25, 0.3) is 11.1 Å². The summed E-state index contributed by atoms with van der Waals surface area (Å²) < 4.78 is 10.9. The Labute approximate surface area is 144 Å². The van der Waals surface area contributed by atoms with E-state index in [-0.39, 0.29) is 23.8 Å². The molecule has 1 aliphatic rings. The number of nitrogens with one attached hydrogen (secondary N) is 1. The van der Waals surface area contributed by atoms with Crippen molar-refractivity contribution in [2.75, 3.05) is 18.4 Å². The van der Waals surface area contributed by atoms with E-state index in [0.29, 0.717) is 24.2 Å². The van der Waals surface area contributed by atoms with Gasteiger partial charge in [-0.15, -0.1) is 0 Å². The first-order valence-corrected chi connectivity index (χ1v) is 8.01. The molecule has 1 saturated heterocycles. The maximum atomic E-state index is 12.1. The number of carbonyl (C=O) groups excluding carboxylic acids is 1. The Hall–Kier alpha value is -2.84. The lowest BCUT2D eigenvalue weighted by atomic mass is 10.2. The van der Waals surface area contributed by atoms with Gasteiger partial charge in [-0.2, -0.15) is 4.98 Å². The number of nitro groups is 1. The summed E-state index contributed by atoms with van der Waals surface area (Å²) >= 11 is 0. The first-order chi connectivity index (χ1) is 11.7. The molecule has 9 nitrogen and oxygen atoms in total. The van der Waals surface area contributed by atoms with Crippen molar-refractivity contribution in [2.24, 2.45) is 0 Å². The van der Waals surface area contributed by atoms with Gasteiger partial charge in [-0.05, 0) is 33.3 Å². The highest BCUT2D eigenvalue weighted by molar-refractivity contribution is 5.77. The minimum atomic E-state index is -0.530. The van der Waals surface area contributed by atoms with Crippen LogP contribution in [0.4, 0.5) is 16.5 Å². The van der Waals surface area contributed by atoms with Crippen molar-refractivity contribution in [3.05, 3.63) is 28.3 Å². The molecule has 1 aliphatic heterocycles. The molecule has 1 fully saturated rings. The maximum Gasteiger partial charge on any atom is 0.410 e. The topological polar surface area (TPSA) is 111 Å². The number of likely N-dealkylation sites (tertiary alicyclic amines) is 1. The van der Waals surface area contributed by atoms with Gasteiger partial charge in [-0.25, -0.2) is 4.79 Å². The quantitative estimate of drug-likeness (QED) is 0.670. The molecule has 1 amide bonds. The molecule has 2 aromatic rings. The number of rotatable bonds is 3. The molecule has 0 saturated carbocycles. The third-order valence-electron chi connectivity index (χ3n) is 3.75. The monoisotopic (exact) mass is 348 g/mol. The predicted octanol–water partition coefficient (Wildman–Crippen LogP) is 3.16. The van der Waals surface area contributed by atoms with Crippen molar-refractivity contribution in [2.45, 2.75) is 38.8 Å². The van der Waals surface area contributed by atoms with Crippen molar-refractivity contribution >= 4 is 28.9 Å². The van der Waals surface area contributed by atoms with Gasteiger partial charge >= 0.3 is 6.09 Å². The molecule has 1 N–H and O–H groups in total. The van der Waals surface area contributed by atoms with Crippen LogP contribution in [0, 0.1) is 10.1 Å². The summed E-state index contributed by atoms with van der Waals surface area (Å²) in [5.41, 5.74) is 0.315. The van der Waals surface area contributed by atoms with Crippen LogP contribution in [0.5, 0.6) is 0 Å². The summed E-state index contributed by atoms with van der Waals surface area (Å²) in [5, 5.41) is 13.9. The van der Waals surface area contributed by atoms with E-state index in [0.717, 1.165) is 6.42 Å². The largest absolute Gasteiger partial charge is 0.444 e. The number of hydrogen-bond acceptors (Lipinski definition) is 7. The molecule has 3 rings (SSSR count). The van der Waals surface area contributed by atoms with E-state index in [4.69, 9.17) is 9.15 Å². The molecule has 1 aromatic carbocycles. The summed E-state index contributed by atoms with van der Waals surface area (Å²) in [6.07, 6.45) is 0.392. The normalized spacial score (nSPS) is 17.7. The number of anilines is 1. The Balaban J connectivity index is 1.64. The number of nitrogens with zero attached hydrogens (tertiary/aromatic N) is 3. The van der Waals surface area contributed by atoms with Gasteiger partial charge in [0.25, 0.3) is 11.7 Å². The Morgan fingerprint density at radius 1 is 1.48 bits per heavy atom. The number of oxazole rings is 1. The Bertz CT molecular complexity index is 810. The number of ether oxygens (including phenoxy) is 1. The number of non-ortho nitro benzene ring substituents is 1. The number of nitro benzene ring substituents is 1. The zero-order valence-corrected chi connectivity index (χ0v) is 14.3. The highest BCUT2D eigenvalue weighted by Gasteiger charge is 2.30. The van der Waals surface area contributed by atoms with E-state index >= 15 is 0 Å². The zero-order valence-electron chi connectivity index (χ0n) is 14.3. The maximum absolute atomic E-state index is 12.1. The van der Waals surface area contributed by atoms with Crippen LogP contribution >= 0.6 is 0 Å². The van der Waals surface area contributed by atoms with Gasteiger partial charge in [0.2, 0.25) is 0 Å². The molecule has 0 bridgehead atoms. The van der Waals surface area contributed by atoms with Crippen LogP contribution < -0.4 is 5.32 Å². The van der Waals surface area contributed by atoms with Gasteiger partial charge in [-0.1, -0.05) is 0 Å². The molecule has 1 unspecified atom stereocenters. The minimum absolute atomic E-state index is 0.0180. The Morgan fingerprint density at radius 2 is 2.24 bits per heavy atom. The van der Waals surface area contributed by atoms with Gasteiger partial charge in [0, 0.05) is 31.3 Å². The second-order valence-corrected chi connectivity index (χ2v) is 6.98. The van der Waals surface area contributed by atoms with Crippen LogP contribution in [0.3, 0.4) is 0 Å². The molecule has 134 valence electrons. The average molecular weight is 348 g/mol. The van der Waals surface area contributed by atoms with E-state index < -0.39 is 10.5 Å². The van der Waals surface area contributed by atoms with Crippen molar-refractivity contribution in [1.82, 2.24) is 9.88 Å². The van der Waals surface area contributed by atoms with Crippen molar-refractivity contribution in [1.29, 1.82) is 0 Å². The Morgan fingerprint density at radius 3 is 2.92 bits per heavy atom. The van der Waals surface area contributed by atoms with Crippen molar-refractivity contribution in [3.8, 4) is 0 Å². The summed E-state index contributed by atoms with van der Waals surface area (Å²) in [7, 11) is 0. The lowest BCUT2D eigenvalue weighted by Crippen LogP contribution is -2.36. The van der Waals surface area contributed by atoms with E-state index in [1.165, 1.54) is 18.2 Å². The van der Waals surface area contributed by atoms with E-state index in [9.17, 15) is 14.9 Å². The molecule has 0 aliphatic carbocycles. The van der Waals surface area contributed by atoms with Crippen LogP contribution in [-0.2, 0) is 4.74 Å². The molecular weight excluding hydrogens is 328 g/mol. The molecule has 0 radical (unpaired) electrons. The molecule has 0 spiro atoms. The van der Waals surface area contributed by atoms with Crippen LogP contribution in [-0.4, -0.2) is 45.6 Å². The van der Waals surface area contributed by atoms with Gasteiger partial charge in [0.05, 0.1) is 4.92 Å². The Kier molecular flexibility index (Phi) is 4.23. The highest BCUT2D eigenvalue weighted by Crippen LogP contribution is 2.25. The van der Waals surface area contributed by atoms with Crippen molar-refractivity contribution < 1.29 is 18.9 Å². The number of benzene rings is 1. The fraction of sp³-hybridized carbons (Fsp3) is 0.500. The highest BCUT2D eigenvalue weighted by atomic mass is 16.6. The third-order valence-corrected chi connectivity index (χ3v) is 3.75. The molecule has 2 heterocycles. The third kappa shape index (κ3) is 3.98. The molecule has 9 heteroatoms. The second kappa shape index (κ2) is 6.23. The first-order valence-electron chi connectivity index (χ1n) is 8.01. The summed E-state index contributed by atoms with van der Waals surface area (Å²) in [6, 6.07) is 4.53. The SMILES string of the molecule is CC(C)(C)OC(=O)N1CCC(Nc2nc3cc([N+](=O)[O-])ccc3o2)C1. The summed E-state index contributed by atoms with van der Waals surface area (Å²) in [4.78, 5) is 28.3. The first kappa shape index (κ1) is 17.0. The predicted molar refractivity (Wildman–Crippen MR) is 90.5 cm³/mol. The smallest absolute Gasteiger partial charge is 0.410 e. The number of hydrogen-bond donors (Lipinski definition) is 1. The fourth-order valence-corrected chi connectivity index (χ4v) is 2.64. The number of carbonyl (C=O) groups is 1. The average Bonchev–Trinajstić information content (AvgIpc) is 3.11. The zero-order chi connectivity index (χ0) is 18.2. The second-order valence-electron chi connectivity index (χ2n) is 6.98. The fourth-order valence-electron chi connectivity index (χ4n) is 2.64. The minimum Gasteiger partial charge on any atom is -0.444 e. The van der Waals surface area contributed by atoms with Crippen LogP contribution in [0.15, 0.2) is 22.6 Å². The lowest BCUT2D eigenvalue weighted by Gasteiger charge is -2.24.